The van der Waals surface area contributed by atoms with E-state index in [1.807, 2.05) is 71.9 Å². The third kappa shape index (κ3) is 2.86. The van der Waals surface area contributed by atoms with Crippen molar-refractivity contribution in [2.24, 2.45) is 14.1 Å². The number of nitrogens with zero attached hydrogens (tertiary/aromatic N) is 4. The summed E-state index contributed by atoms with van der Waals surface area (Å²) < 4.78 is 3.88. The maximum atomic E-state index is 12.7. The molecule has 0 fully saturated rings. The van der Waals surface area contributed by atoms with Crippen molar-refractivity contribution in [2.75, 3.05) is 5.32 Å². The van der Waals surface area contributed by atoms with Crippen LogP contribution >= 0.6 is 0 Å². The predicted molar refractivity (Wildman–Crippen MR) is 102 cm³/mol. The lowest BCUT2D eigenvalue weighted by molar-refractivity contribution is -0.115. The Labute approximate surface area is 151 Å². The molecule has 0 bridgehead atoms. The first-order valence-electron chi connectivity index (χ1n) is 8.39. The molecule has 0 saturated heterocycles. The van der Waals surface area contributed by atoms with Crippen LogP contribution in [0.3, 0.4) is 0 Å². The molecule has 0 saturated carbocycles. The number of amides is 1. The number of carbonyl (C=O) groups excluding carboxylic acids is 1. The Balaban J connectivity index is 1.60. The summed E-state index contributed by atoms with van der Waals surface area (Å²) in [5.74, 6) is 0.655. The second kappa shape index (κ2) is 6.48. The number of hydrogen-bond acceptors (Lipinski definition) is 3. The van der Waals surface area contributed by atoms with E-state index in [9.17, 15) is 4.79 Å². The first kappa shape index (κ1) is 16.1. The number of fused-ring (bicyclic) bond motifs is 1. The van der Waals surface area contributed by atoms with E-state index in [-0.39, 0.29) is 5.91 Å². The maximum absolute atomic E-state index is 12.7. The first-order chi connectivity index (χ1) is 12.6. The molecular weight excluding hydrogens is 326 g/mol. The molecule has 0 aliphatic rings. The van der Waals surface area contributed by atoms with Gasteiger partial charge in [-0.3, -0.25) is 4.79 Å². The van der Waals surface area contributed by atoms with Crippen LogP contribution in [0.4, 0.5) is 5.69 Å². The Hall–Kier alpha value is -3.41. The quantitative estimate of drug-likeness (QED) is 0.618. The minimum Gasteiger partial charge on any atom is -0.350 e. The molecule has 26 heavy (non-hydrogen) atoms. The highest BCUT2D eigenvalue weighted by atomic mass is 16.1. The van der Waals surface area contributed by atoms with Gasteiger partial charge < -0.3 is 14.5 Å². The Morgan fingerprint density at radius 3 is 2.62 bits per heavy atom. The van der Waals surface area contributed by atoms with Gasteiger partial charge in [-0.15, -0.1) is 10.2 Å². The Morgan fingerprint density at radius 2 is 1.81 bits per heavy atom. The van der Waals surface area contributed by atoms with Gasteiger partial charge in [-0.05, 0) is 23.8 Å². The normalized spacial score (nSPS) is 11.0. The fourth-order valence-electron chi connectivity index (χ4n) is 3.25. The predicted octanol–water partition coefficient (Wildman–Crippen LogP) is 3.16. The maximum Gasteiger partial charge on any atom is 0.228 e. The summed E-state index contributed by atoms with van der Waals surface area (Å²) in [6, 6.07) is 15.7. The van der Waals surface area contributed by atoms with Gasteiger partial charge in [0.2, 0.25) is 5.91 Å². The molecule has 0 atom stereocenters. The van der Waals surface area contributed by atoms with Crippen molar-refractivity contribution in [1.82, 2.24) is 19.3 Å². The fraction of sp³-hybridized carbons (Fsp3) is 0.150. The van der Waals surface area contributed by atoms with E-state index >= 15 is 0 Å². The van der Waals surface area contributed by atoms with Crippen molar-refractivity contribution in [3.8, 4) is 11.4 Å². The van der Waals surface area contributed by atoms with Gasteiger partial charge in [0.05, 0.1) is 12.1 Å². The molecule has 130 valence electrons. The zero-order valence-electron chi connectivity index (χ0n) is 14.7. The molecule has 6 nitrogen and oxygen atoms in total. The monoisotopic (exact) mass is 345 g/mol. The molecule has 0 aliphatic carbocycles. The second-order valence-corrected chi connectivity index (χ2v) is 6.32. The van der Waals surface area contributed by atoms with Gasteiger partial charge in [-0.1, -0.05) is 30.3 Å². The summed E-state index contributed by atoms with van der Waals surface area (Å²) in [4.78, 5) is 12.7. The van der Waals surface area contributed by atoms with Gasteiger partial charge in [0.25, 0.3) is 0 Å². The van der Waals surface area contributed by atoms with Crippen LogP contribution in [-0.2, 0) is 25.3 Å². The van der Waals surface area contributed by atoms with Crippen LogP contribution in [-0.4, -0.2) is 25.2 Å². The van der Waals surface area contributed by atoms with Crippen molar-refractivity contribution < 1.29 is 4.79 Å². The van der Waals surface area contributed by atoms with Gasteiger partial charge >= 0.3 is 0 Å². The van der Waals surface area contributed by atoms with Crippen LogP contribution in [0.2, 0.25) is 0 Å². The smallest absolute Gasteiger partial charge is 0.228 e. The molecule has 6 heteroatoms. The minimum atomic E-state index is -0.0593. The second-order valence-electron chi connectivity index (χ2n) is 6.32. The molecule has 0 unspecified atom stereocenters. The van der Waals surface area contributed by atoms with E-state index in [1.54, 1.807) is 6.33 Å². The molecule has 2 aromatic carbocycles. The number of hydrogen-bond donors (Lipinski definition) is 1. The molecule has 0 aliphatic heterocycles. The SMILES string of the molecule is Cn1cnnc1-c1ccccc1NC(=O)Cc1cn(C)c2ccccc12. The molecule has 1 amide bonds. The molecule has 4 aromatic rings. The third-order valence-corrected chi connectivity index (χ3v) is 4.48. The summed E-state index contributed by atoms with van der Waals surface area (Å²) in [5, 5.41) is 12.2. The Morgan fingerprint density at radius 1 is 1.04 bits per heavy atom. The van der Waals surface area contributed by atoms with Crippen molar-refractivity contribution in [1.29, 1.82) is 0 Å². The summed E-state index contributed by atoms with van der Waals surface area (Å²) in [6.07, 6.45) is 3.97. The van der Waals surface area contributed by atoms with Crippen LogP contribution in [0.5, 0.6) is 0 Å². The van der Waals surface area contributed by atoms with E-state index in [2.05, 4.69) is 21.6 Å². The molecule has 1 N–H and O–H groups in total. The standard InChI is InChI=1S/C20H19N5O/c1-24-12-14(15-7-4-6-10-18(15)24)11-19(26)22-17-9-5-3-8-16(17)20-23-21-13-25(20)2/h3-10,12-13H,11H2,1-2H3,(H,22,26). The van der Waals surface area contributed by atoms with Crippen LogP contribution < -0.4 is 5.32 Å². The average Bonchev–Trinajstić information content (AvgIpc) is 3.20. The number of carbonyl (C=O) groups is 1. The molecule has 0 spiro atoms. The van der Waals surface area contributed by atoms with Gasteiger partial charge in [-0.25, -0.2) is 0 Å². The lowest BCUT2D eigenvalue weighted by atomic mass is 10.1. The van der Waals surface area contributed by atoms with Gasteiger partial charge in [0.15, 0.2) is 5.82 Å². The number of aryl methyl sites for hydroxylation is 2. The molecule has 4 rings (SSSR count). The van der Waals surface area contributed by atoms with E-state index in [0.29, 0.717) is 12.2 Å². The van der Waals surface area contributed by atoms with Gasteiger partial charge in [0, 0.05) is 36.8 Å². The lowest BCUT2D eigenvalue weighted by Crippen LogP contribution is -2.15. The minimum absolute atomic E-state index is 0.0593. The molecule has 2 aromatic heterocycles. The summed E-state index contributed by atoms with van der Waals surface area (Å²) in [7, 11) is 3.87. The first-order valence-corrected chi connectivity index (χ1v) is 8.39. The Bertz CT molecular complexity index is 1090. The highest BCUT2D eigenvalue weighted by Crippen LogP contribution is 2.26. The fourth-order valence-corrected chi connectivity index (χ4v) is 3.25. The highest BCUT2D eigenvalue weighted by molar-refractivity contribution is 5.98. The third-order valence-electron chi connectivity index (χ3n) is 4.48. The molecule has 0 radical (unpaired) electrons. The number of para-hydroxylation sites is 2. The van der Waals surface area contributed by atoms with Crippen LogP contribution in [0.15, 0.2) is 61.1 Å². The van der Waals surface area contributed by atoms with Crippen LogP contribution in [0.1, 0.15) is 5.56 Å². The van der Waals surface area contributed by atoms with E-state index < -0.39 is 0 Å². The zero-order chi connectivity index (χ0) is 18.1. The number of benzene rings is 2. The van der Waals surface area contributed by atoms with Gasteiger partial charge in [-0.2, -0.15) is 0 Å². The van der Waals surface area contributed by atoms with E-state index in [0.717, 1.165) is 27.7 Å². The number of rotatable bonds is 4. The number of nitrogens with one attached hydrogen (secondary N) is 1. The summed E-state index contributed by atoms with van der Waals surface area (Å²) >= 11 is 0. The number of aromatic nitrogens is 4. The van der Waals surface area contributed by atoms with Crippen molar-refractivity contribution >= 4 is 22.5 Å². The summed E-state index contributed by atoms with van der Waals surface area (Å²) in [6.45, 7) is 0. The van der Waals surface area contributed by atoms with Gasteiger partial charge in [0.1, 0.15) is 6.33 Å². The van der Waals surface area contributed by atoms with E-state index in [1.165, 1.54) is 0 Å². The molecular formula is C20H19N5O. The zero-order valence-corrected chi connectivity index (χ0v) is 14.7. The largest absolute Gasteiger partial charge is 0.350 e. The van der Waals surface area contributed by atoms with Crippen LogP contribution in [0.25, 0.3) is 22.3 Å². The summed E-state index contributed by atoms with van der Waals surface area (Å²) in [5.41, 5.74) is 3.71. The number of anilines is 1. The average molecular weight is 345 g/mol. The van der Waals surface area contributed by atoms with Crippen LogP contribution in [0, 0.1) is 0 Å². The lowest BCUT2D eigenvalue weighted by Gasteiger charge is -2.10. The van der Waals surface area contributed by atoms with Crippen molar-refractivity contribution in [2.45, 2.75) is 6.42 Å². The topological polar surface area (TPSA) is 64.7 Å². The van der Waals surface area contributed by atoms with Crippen molar-refractivity contribution in [3.05, 3.63) is 66.6 Å². The highest BCUT2D eigenvalue weighted by Gasteiger charge is 2.14. The van der Waals surface area contributed by atoms with Crippen molar-refractivity contribution in [3.63, 3.8) is 0 Å². The van der Waals surface area contributed by atoms with E-state index in [4.69, 9.17) is 0 Å². The molecule has 2 heterocycles. The Kier molecular flexibility index (Phi) is 4.01.